The summed E-state index contributed by atoms with van der Waals surface area (Å²) in [5.74, 6) is 0.697. The number of aliphatic imine (C=N–C) groups is 1. The normalized spacial score (nSPS) is 24.6. The smallest absolute Gasteiger partial charge is 0.131 e. The molecule has 0 aliphatic carbocycles. The lowest BCUT2D eigenvalue weighted by atomic mass is 10.0. The molecule has 0 aromatic heterocycles. The second-order valence-corrected chi connectivity index (χ2v) is 5.74. The highest BCUT2D eigenvalue weighted by atomic mass is 15.3. The molecule has 2 heteroatoms. The van der Waals surface area contributed by atoms with Crippen molar-refractivity contribution in [3.8, 4) is 0 Å². The molecule has 0 N–H and O–H groups in total. The van der Waals surface area contributed by atoms with Gasteiger partial charge in [-0.15, -0.1) is 0 Å². The summed E-state index contributed by atoms with van der Waals surface area (Å²) in [5.41, 5.74) is 1.14. The molecular weight excluding hydrogens is 208 g/mol. The Morgan fingerprint density at radius 2 is 2.12 bits per heavy atom. The first-order chi connectivity index (χ1) is 8.00. The molecule has 0 saturated carbocycles. The van der Waals surface area contributed by atoms with Crippen molar-refractivity contribution < 1.29 is 0 Å². The van der Waals surface area contributed by atoms with E-state index in [1.54, 1.807) is 0 Å². The van der Waals surface area contributed by atoms with Crippen LogP contribution in [0.2, 0.25) is 0 Å². The summed E-state index contributed by atoms with van der Waals surface area (Å²) in [6.45, 7) is 13.2. The minimum atomic E-state index is -0.0425. The Hall–Kier alpha value is -0.630. The molecule has 0 aromatic carbocycles. The maximum Gasteiger partial charge on any atom is 0.131 e. The topological polar surface area (TPSA) is 15.6 Å². The predicted molar refractivity (Wildman–Crippen MR) is 76.6 cm³/mol. The highest BCUT2D eigenvalue weighted by molar-refractivity contribution is 5.79. The highest BCUT2D eigenvalue weighted by Crippen LogP contribution is 2.31. The Morgan fingerprint density at radius 1 is 1.41 bits per heavy atom. The second-order valence-electron chi connectivity index (χ2n) is 5.74. The van der Waals surface area contributed by atoms with Gasteiger partial charge in [-0.25, -0.2) is 0 Å². The molecule has 1 aliphatic rings. The van der Waals surface area contributed by atoms with E-state index in [9.17, 15) is 0 Å². The largest absolute Gasteiger partial charge is 0.272 e. The number of rotatable bonds is 6. The molecular formula is C15H28N2. The first kappa shape index (κ1) is 14.4. The molecule has 0 saturated heterocycles. The van der Waals surface area contributed by atoms with Gasteiger partial charge in [-0.3, -0.25) is 9.89 Å². The monoisotopic (exact) mass is 236 g/mol. The van der Waals surface area contributed by atoms with Crippen LogP contribution in [0.4, 0.5) is 0 Å². The van der Waals surface area contributed by atoms with Crippen molar-refractivity contribution in [3.05, 3.63) is 12.2 Å². The Bertz CT molecular complexity index is 287. The summed E-state index contributed by atoms with van der Waals surface area (Å²) in [6, 6.07) is 0. The zero-order valence-corrected chi connectivity index (χ0v) is 12.2. The van der Waals surface area contributed by atoms with E-state index in [1.807, 2.05) is 0 Å². The van der Waals surface area contributed by atoms with E-state index in [2.05, 4.69) is 51.7 Å². The Balaban J connectivity index is 2.86. The van der Waals surface area contributed by atoms with E-state index in [0.717, 1.165) is 19.5 Å². The van der Waals surface area contributed by atoms with Gasteiger partial charge in [0.2, 0.25) is 0 Å². The van der Waals surface area contributed by atoms with Crippen LogP contribution in [0.25, 0.3) is 0 Å². The van der Waals surface area contributed by atoms with Crippen molar-refractivity contribution in [2.45, 2.75) is 59.5 Å². The molecule has 0 aromatic rings. The van der Waals surface area contributed by atoms with E-state index in [4.69, 9.17) is 4.99 Å². The molecule has 1 unspecified atom stereocenters. The first-order valence-corrected chi connectivity index (χ1v) is 6.96. The van der Waals surface area contributed by atoms with Gasteiger partial charge in [0.25, 0.3) is 0 Å². The summed E-state index contributed by atoms with van der Waals surface area (Å²) < 4.78 is 0. The van der Waals surface area contributed by atoms with Gasteiger partial charge >= 0.3 is 0 Å². The molecule has 0 radical (unpaired) electrons. The van der Waals surface area contributed by atoms with Gasteiger partial charge in [0.15, 0.2) is 0 Å². The molecule has 1 rings (SSSR count). The van der Waals surface area contributed by atoms with Crippen LogP contribution in [-0.2, 0) is 0 Å². The molecule has 0 spiro atoms. The molecule has 1 heterocycles. The molecule has 0 bridgehead atoms. The lowest BCUT2D eigenvalue weighted by molar-refractivity contribution is 0.141. The summed E-state index contributed by atoms with van der Waals surface area (Å²) in [7, 11) is 0. The van der Waals surface area contributed by atoms with Gasteiger partial charge in [-0.1, -0.05) is 33.3 Å². The lowest BCUT2D eigenvalue weighted by Gasteiger charge is -2.36. The average molecular weight is 236 g/mol. The van der Waals surface area contributed by atoms with Gasteiger partial charge in [0, 0.05) is 18.8 Å². The number of unbranched alkanes of at least 4 members (excludes halogenated alkanes) is 1. The zero-order chi connectivity index (χ0) is 12.9. The van der Waals surface area contributed by atoms with Crippen molar-refractivity contribution in [2.75, 3.05) is 13.1 Å². The summed E-state index contributed by atoms with van der Waals surface area (Å²) in [4.78, 5) is 7.46. The lowest BCUT2D eigenvalue weighted by Crippen LogP contribution is -2.44. The summed E-state index contributed by atoms with van der Waals surface area (Å²) in [5, 5.41) is 0. The van der Waals surface area contributed by atoms with Crippen molar-refractivity contribution in [1.29, 1.82) is 0 Å². The second kappa shape index (κ2) is 6.34. The quantitative estimate of drug-likeness (QED) is 0.505. The van der Waals surface area contributed by atoms with Crippen molar-refractivity contribution in [2.24, 2.45) is 10.9 Å². The zero-order valence-electron chi connectivity index (χ0n) is 12.2. The molecule has 0 amide bonds. The van der Waals surface area contributed by atoms with Gasteiger partial charge in [-0.05, 0) is 38.7 Å². The number of hydrogen-bond donors (Lipinski definition) is 0. The third kappa shape index (κ3) is 3.95. The Kier molecular flexibility index (Phi) is 5.38. The van der Waals surface area contributed by atoms with Gasteiger partial charge in [0.1, 0.15) is 5.66 Å². The van der Waals surface area contributed by atoms with Crippen LogP contribution in [0.1, 0.15) is 53.9 Å². The molecule has 1 atom stereocenters. The van der Waals surface area contributed by atoms with Crippen LogP contribution in [0, 0.1) is 5.92 Å². The third-order valence-corrected chi connectivity index (χ3v) is 3.16. The SMILES string of the molecule is CCCCC1(N=C(C)C)C=CCN1CC(C)C. The van der Waals surface area contributed by atoms with E-state index in [-0.39, 0.29) is 5.66 Å². The van der Waals surface area contributed by atoms with Crippen LogP contribution in [-0.4, -0.2) is 29.4 Å². The minimum absolute atomic E-state index is 0.0425. The minimum Gasteiger partial charge on any atom is -0.272 e. The Morgan fingerprint density at radius 3 is 2.65 bits per heavy atom. The fraction of sp³-hybridized carbons (Fsp3) is 0.800. The molecule has 0 fully saturated rings. The van der Waals surface area contributed by atoms with Crippen molar-refractivity contribution in [3.63, 3.8) is 0 Å². The molecule has 1 aliphatic heterocycles. The Labute approximate surface area is 107 Å². The highest BCUT2D eigenvalue weighted by Gasteiger charge is 2.36. The molecule has 2 nitrogen and oxygen atoms in total. The fourth-order valence-corrected chi connectivity index (χ4v) is 2.54. The van der Waals surface area contributed by atoms with Gasteiger partial charge in [0.05, 0.1) is 0 Å². The van der Waals surface area contributed by atoms with Crippen LogP contribution < -0.4 is 0 Å². The van der Waals surface area contributed by atoms with Crippen LogP contribution in [0.5, 0.6) is 0 Å². The van der Waals surface area contributed by atoms with E-state index in [0.29, 0.717) is 5.92 Å². The molecule has 98 valence electrons. The van der Waals surface area contributed by atoms with Crippen LogP contribution in [0.3, 0.4) is 0 Å². The van der Waals surface area contributed by atoms with E-state index >= 15 is 0 Å². The van der Waals surface area contributed by atoms with E-state index in [1.165, 1.54) is 18.6 Å². The van der Waals surface area contributed by atoms with E-state index < -0.39 is 0 Å². The van der Waals surface area contributed by atoms with Gasteiger partial charge in [-0.2, -0.15) is 0 Å². The maximum atomic E-state index is 4.94. The fourth-order valence-electron chi connectivity index (χ4n) is 2.54. The van der Waals surface area contributed by atoms with Crippen molar-refractivity contribution in [1.82, 2.24) is 4.90 Å². The standard InChI is InChI=1S/C15H28N2/c1-6-7-9-15(16-14(4)5)10-8-11-17(15)12-13(2)3/h8,10,13H,6-7,9,11-12H2,1-5H3. The summed E-state index contributed by atoms with van der Waals surface area (Å²) >= 11 is 0. The van der Waals surface area contributed by atoms with Crippen LogP contribution >= 0.6 is 0 Å². The van der Waals surface area contributed by atoms with Gasteiger partial charge < -0.3 is 0 Å². The maximum absolute atomic E-state index is 4.94. The van der Waals surface area contributed by atoms with Crippen LogP contribution in [0.15, 0.2) is 17.1 Å². The average Bonchev–Trinajstić information content (AvgIpc) is 2.57. The number of hydrogen-bond acceptors (Lipinski definition) is 2. The summed E-state index contributed by atoms with van der Waals surface area (Å²) in [6.07, 6.45) is 8.24. The number of nitrogens with zero attached hydrogens (tertiary/aromatic N) is 2. The predicted octanol–water partition coefficient (Wildman–Crippen LogP) is 3.88. The molecule has 17 heavy (non-hydrogen) atoms. The third-order valence-electron chi connectivity index (χ3n) is 3.16. The first-order valence-electron chi connectivity index (χ1n) is 6.96. The van der Waals surface area contributed by atoms with Crippen molar-refractivity contribution >= 4 is 5.71 Å².